The van der Waals surface area contributed by atoms with E-state index in [0.717, 1.165) is 6.54 Å². The van der Waals surface area contributed by atoms with E-state index in [2.05, 4.69) is 48.4 Å². The van der Waals surface area contributed by atoms with Crippen LogP contribution in [0.3, 0.4) is 0 Å². The normalized spacial score (nSPS) is 13.2. The van der Waals surface area contributed by atoms with E-state index in [-0.39, 0.29) is 0 Å². The number of aromatic amines is 1. The van der Waals surface area contributed by atoms with E-state index in [4.69, 9.17) is 0 Å². The Morgan fingerprint density at radius 3 is 2.81 bits per heavy atom. The molecule has 2 rings (SSSR count). The predicted octanol–water partition coefficient (Wildman–Crippen LogP) is 3.19. The molecule has 1 atom stereocenters. The number of aromatic nitrogens is 1. The van der Waals surface area contributed by atoms with Crippen molar-refractivity contribution in [2.24, 2.45) is 0 Å². The zero-order valence-electron chi connectivity index (χ0n) is 10.3. The monoisotopic (exact) mass is 216 g/mol. The Bertz CT molecular complexity index is 471. The summed E-state index contributed by atoms with van der Waals surface area (Å²) in [6.07, 6.45) is 1.18. The molecule has 2 nitrogen and oxygen atoms in total. The summed E-state index contributed by atoms with van der Waals surface area (Å²) in [5.41, 5.74) is 3.90. The molecule has 1 unspecified atom stereocenters. The first-order valence-electron chi connectivity index (χ1n) is 5.98. The minimum Gasteiger partial charge on any atom is -0.359 e. The summed E-state index contributed by atoms with van der Waals surface area (Å²) in [5, 5.41) is 4.59. The second-order valence-corrected chi connectivity index (χ2v) is 4.46. The lowest BCUT2D eigenvalue weighted by molar-refractivity contribution is 0.612. The summed E-state index contributed by atoms with van der Waals surface area (Å²) in [4.78, 5) is 3.36. The highest BCUT2D eigenvalue weighted by atomic mass is 14.8. The SMILES string of the molecule is CCC(CNC)c1ccc2[nH]c(C)cc2c1. The van der Waals surface area contributed by atoms with Crippen molar-refractivity contribution in [1.82, 2.24) is 10.3 Å². The third-order valence-electron chi connectivity index (χ3n) is 3.19. The highest BCUT2D eigenvalue weighted by molar-refractivity contribution is 5.81. The first-order valence-corrected chi connectivity index (χ1v) is 5.98. The molecule has 0 aliphatic carbocycles. The summed E-state index contributed by atoms with van der Waals surface area (Å²) in [7, 11) is 2.02. The minimum absolute atomic E-state index is 0.615. The van der Waals surface area contributed by atoms with Crippen molar-refractivity contribution in [3.8, 4) is 0 Å². The van der Waals surface area contributed by atoms with E-state index in [0.29, 0.717) is 5.92 Å². The van der Waals surface area contributed by atoms with Crippen molar-refractivity contribution in [2.75, 3.05) is 13.6 Å². The van der Waals surface area contributed by atoms with Crippen LogP contribution >= 0.6 is 0 Å². The molecule has 2 heteroatoms. The zero-order valence-corrected chi connectivity index (χ0v) is 10.3. The van der Waals surface area contributed by atoms with Crippen molar-refractivity contribution in [1.29, 1.82) is 0 Å². The largest absolute Gasteiger partial charge is 0.359 e. The smallest absolute Gasteiger partial charge is 0.0456 e. The van der Waals surface area contributed by atoms with Gasteiger partial charge in [-0.1, -0.05) is 13.0 Å². The number of aryl methyl sites for hydroxylation is 1. The van der Waals surface area contributed by atoms with Gasteiger partial charge in [-0.25, -0.2) is 0 Å². The number of rotatable bonds is 4. The fraction of sp³-hybridized carbons (Fsp3) is 0.429. The Morgan fingerprint density at radius 2 is 2.12 bits per heavy atom. The van der Waals surface area contributed by atoms with Gasteiger partial charge in [-0.3, -0.25) is 0 Å². The highest BCUT2D eigenvalue weighted by Gasteiger charge is 2.09. The molecule has 0 aliphatic heterocycles. The highest BCUT2D eigenvalue weighted by Crippen LogP contribution is 2.24. The number of H-pyrrole nitrogens is 1. The maximum Gasteiger partial charge on any atom is 0.0456 e. The Morgan fingerprint density at radius 1 is 1.31 bits per heavy atom. The molecule has 0 aliphatic rings. The van der Waals surface area contributed by atoms with Crippen molar-refractivity contribution in [3.63, 3.8) is 0 Å². The Labute approximate surface area is 97.1 Å². The van der Waals surface area contributed by atoms with Crippen LogP contribution in [-0.4, -0.2) is 18.6 Å². The molecule has 1 aromatic heterocycles. The van der Waals surface area contributed by atoms with Gasteiger partial charge in [-0.2, -0.15) is 0 Å². The lowest BCUT2D eigenvalue weighted by Crippen LogP contribution is -2.16. The first-order chi connectivity index (χ1) is 7.74. The standard InChI is InChI=1S/C14H20N2/c1-4-11(9-15-3)12-5-6-14-13(8-12)7-10(2)16-14/h5-8,11,15-16H,4,9H2,1-3H3. The molecule has 1 heterocycles. The summed E-state index contributed by atoms with van der Waals surface area (Å²) in [6.45, 7) is 5.39. The molecule has 0 spiro atoms. The van der Waals surface area contributed by atoms with Gasteiger partial charge >= 0.3 is 0 Å². The van der Waals surface area contributed by atoms with Gasteiger partial charge in [0.2, 0.25) is 0 Å². The fourth-order valence-corrected chi connectivity index (χ4v) is 2.29. The molecule has 2 aromatic rings. The van der Waals surface area contributed by atoms with Crippen LogP contribution in [-0.2, 0) is 0 Å². The molecule has 0 bridgehead atoms. The van der Waals surface area contributed by atoms with E-state index in [9.17, 15) is 0 Å². The number of likely N-dealkylation sites (N-methyl/N-ethyl adjacent to an activating group) is 1. The van der Waals surface area contributed by atoms with Gasteiger partial charge in [-0.05, 0) is 55.5 Å². The number of hydrogen-bond acceptors (Lipinski definition) is 1. The van der Waals surface area contributed by atoms with E-state index in [1.54, 1.807) is 0 Å². The number of benzene rings is 1. The molecule has 0 saturated heterocycles. The molecule has 86 valence electrons. The topological polar surface area (TPSA) is 27.8 Å². The number of hydrogen-bond donors (Lipinski definition) is 2. The maximum absolute atomic E-state index is 3.36. The van der Waals surface area contributed by atoms with E-state index >= 15 is 0 Å². The molecule has 0 saturated carbocycles. The van der Waals surface area contributed by atoms with Crippen LogP contribution in [0.15, 0.2) is 24.3 Å². The van der Waals surface area contributed by atoms with Gasteiger partial charge in [0.25, 0.3) is 0 Å². The molecule has 2 N–H and O–H groups in total. The quantitative estimate of drug-likeness (QED) is 0.807. The van der Waals surface area contributed by atoms with Crippen molar-refractivity contribution in [2.45, 2.75) is 26.2 Å². The molecule has 0 fully saturated rings. The average Bonchev–Trinajstić information content (AvgIpc) is 2.64. The summed E-state index contributed by atoms with van der Waals surface area (Å²) in [6, 6.07) is 8.95. The van der Waals surface area contributed by atoms with Crippen LogP contribution in [0.2, 0.25) is 0 Å². The van der Waals surface area contributed by atoms with Crippen LogP contribution in [0.1, 0.15) is 30.5 Å². The Balaban J connectivity index is 2.36. The molecule has 0 amide bonds. The lowest BCUT2D eigenvalue weighted by atomic mass is 9.95. The third-order valence-corrected chi connectivity index (χ3v) is 3.19. The fourth-order valence-electron chi connectivity index (χ4n) is 2.29. The summed E-state index contributed by atoms with van der Waals surface area (Å²) >= 11 is 0. The summed E-state index contributed by atoms with van der Waals surface area (Å²) < 4.78 is 0. The van der Waals surface area contributed by atoms with Gasteiger partial charge in [0.15, 0.2) is 0 Å². The minimum atomic E-state index is 0.615. The van der Waals surface area contributed by atoms with E-state index < -0.39 is 0 Å². The second kappa shape index (κ2) is 4.71. The number of nitrogens with one attached hydrogen (secondary N) is 2. The van der Waals surface area contributed by atoms with Gasteiger partial charge in [-0.15, -0.1) is 0 Å². The zero-order chi connectivity index (χ0) is 11.5. The van der Waals surface area contributed by atoms with E-state index in [1.807, 2.05) is 7.05 Å². The first kappa shape index (κ1) is 11.2. The lowest BCUT2D eigenvalue weighted by Gasteiger charge is -2.14. The van der Waals surface area contributed by atoms with Crippen molar-refractivity contribution in [3.05, 3.63) is 35.5 Å². The van der Waals surface area contributed by atoms with Crippen LogP contribution < -0.4 is 5.32 Å². The number of fused-ring (bicyclic) bond motifs is 1. The van der Waals surface area contributed by atoms with Crippen LogP contribution in [0, 0.1) is 6.92 Å². The molecular weight excluding hydrogens is 196 g/mol. The van der Waals surface area contributed by atoms with Crippen molar-refractivity contribution < 1.29 is 0 Å². The van der Waals surface area contributed by atoms with Gasteiger partial charge in [0, 0.05) is 17.8 Å². The predicted molar refractivity (Wildman–Crippen MR) is 70.0 cm³/mol. The van der Waals surface area contributed by atoms with Crippen LogP contribution in [0.4, 0.5) is 0 Å². The van der Waals surface area contributed by atoms with Crippen LogP contribution in [0.5, 0.6) is 0 Å². The van der Waals surface area contributed by atoms with Crippen molar-refractivity contribution >= 4 is 10.9 Å². The van der Waals surface area contributed by atoms with Crippen LogP contribution in [0.25, 0.3) is 10.9 Å². The molecule has 16 heavy (non-hydrogen) atoms. The molecule has 0 radical (unpaired) electrons. The second-order valence-electron chi connectivity index (χ2n) is 4.46. The Hall–Kier alpha value is -1.28. The summed E-state index contributed by atoms with van der Waals surface area (Å²) in [5.74, 6) is 0.615. The van der Waals surface area contributed by atoms with Gasteiger partial charge in [0.1, 0.15) is 0 Å². The van der Waals surface area contributed by atoms with Gasteiger partial charge < -0.3 is 10.3 Å². The maximum atomic E-state index is 3.36. The molecule has 1 aromatic carbocycles. The molecular formula is C14H20N2. The average molecular weight is 216 g/mol. The van der Waals surface area contributed by atoms with E-state index in [1.165, 1.54) is 28.6 Å². The van der Waals surface area contributed by atoms with Gasteiger partial charge in [0.05, 0.1) is 0 Å². The third kappa shape index (κ3) is 2.12. The Kier molecular flexibility index (Phi) is 3.30.